The minimum Gasteiger partial charge on any atom is -0.370 e. The number of rotatable bonds is 5. The van der Waals surface area contributed by atoms with E-state index in [9.17, 15) is 4.79 Å². The van der Waals surface area contributed by atoms with Crippen molar-refractivity contribution in [3.8, 4) is 0 Å². The summed E-state index contributed by atoms with van der Waals surface area (Å²) in [5.41, 5.74) is 6.00. The number of carbonyl (C=O) groups excluding carboxylic acids is 1. The molecule has 8 heteroatoms. The van der Waals surface area contributed by atoms with Gasteiger partial charge >= 0.3 is 0 Å². The van der Waals surface area contributed by atoms with Crippen LogP contribution in [0.2, 0.25) is 0 Å². The van der Waals surface area contributed by atoms with E-state index in [0.717, 1.165) is 5.69 Å². The van der Waals surface area contributed by atoms with E-state index in [4.69, 9.17) is 32.2 Å². The zero-order valence-corrected chi connectivity index (χ0v) is 13.3. The minimum atomic E-state index is -0.505. The molecule has 1 aromatic carbocycles. The number of hydrogen-bond donors (Lipinski definition) is 3. The number of amides is 1. The number of fused-ring (bicyclic) bond motifs is 1. The highest BCUT2D eigenvalue weighted by atomic mass is 32.1. The van der Waals surface area contributed by atoms with Crippen molar-refractivity contribution in [2.24, 2.45) is 5.73 Å². The molecule has 2 aliphatic heterocycles. The first-order chi connectivity index (χ1) is 11.1. The summed E-state index contributed by atoms with van der Waals surface area (Å²) >= 11 is 5.32. The summed E-state index contributed by atoms with van der Waals surface area (Å²) in [4.78, 5) is 10.8. The van der Waals surface area contributed by atoms with Crippen LogP contribution in [0, 0.1) is 0 Å². The molecule has 0 aromatic heterocycles. The summed E-state index contributed by atoms with van der Waals surface area (Å²) in [5.74, 6) is -0.505. The van der Waals surface area contributed by atoms with Crippen LogP contribution in [0.3, 0.4) is 0 Å². The molecule has 4 N–H and O–H groups in total. The van der Waals surface area contributed by atoms with E-state index in [-0.39, 0.29) is 31.0 Å². The van der Waals surface area contributed by atoms with Gasteiger partial charge in [0.05, 0.1) is 19.3 Å². The predicted octanol–water partition coefficient (Wildman–Crippen LogP) is 0.00970. The number of nitrogens with two attached hydrogens (primary N) is 1. The Hall–Kier alpha value is -1.74. The van der Waals surface area contributed by atoms with Crippen molar-refractivity contribution in [1.82, 2.24) is 5.32 Å². The highest BCUT2D eigenvalue weighted by Crippen LogP contribution is 2.28. The summed E-state index contributed by atoms with van der Waals surface area (Å²) in [5, 5.41) is 6.83. The van der Waals surface area contributed by atoms with Crippen molar-refractivity contribution in [1.29, 1.82) is 0 Å². The van der Waals surface area contributed by atoms with Gasteiger partial charge < -0.3 is 30.6 Å². The second-order valence-electron chi connectivity index (χ2n) is 5.48. The van der Waals surface area contributed by atoms with Gasteiger partial charge in [0, 0.05) is 5.69 Å². The van der Waals surface area contributed by atoms with Crippen molar-refractivity contribution in [2.75, 3.05) is 25.1 Å². The number of ether oxygens (including phenoxy) is 3. The topological polar surface area (TPSA) is 94.8 Å². The van der Waals surface area contributed by atoms with Gasteiger partial charge in [0.2, 0.25) is 5.91 Å². The lowest BCUT2D eigenvalue weighted by molar-refractivity contribution is -0.126. The first kappa shape index (κ1) is 16.1. The van der Waals surface area contributed by atoms with Crippen molar-refractivity contribution in [3.05, 3.63) is 30.3 Å². The number of carbonyl (C=O) groups is 1. The summed E-state index contributed by atoms with van der Waals surface area (Å²) in [6, 6.07) is 9.60. The molecule has 0 aliphatic carbocycles. The maximum atomic E-state index is 10.8. The fourth-order valence-electron chi connectivity index (χ4n) is 2.78. The first-order valence-corrected chi connectivity index (χ1v) is 7.80. The third-order valence-corrected chi connectivity index (χ3v) is 4.02. The Morgan fingerprint density at radius 3 is 2.74 bits per heavy atom. The Morgan fingerprint density at radius 1 is 1.26 bits per heavy atom. The second kappa shape index (κ2) is 7.22. The Kier molecular flexibility index (Phi) is 5.06. The van der Waals surface area contributed by atoms with E-state index in [2.05, 4.69) is 10.6 Å². The molecule has 0 spiro atoms. The van der Waals surface area contributed by atoms with Crippen LogP contribution in [-0.2, 0) is 19.0 Å². The van der Waals surface area contributed by atoms with Crippen LogP contribution in [0.1, 0.15) is 0 Å². The second-order valence-corrected chi connectivity index (χ2v) is 5.89. The highest BCUT2D eigenvalue weighted by molar-refractivity contribution is 7.80. The van der Waals surface area contributed by atoms with Crippen LogP contribution in [0.5, 0.6) is 0 Å². The molecule has 124 valence electrons. The monoisotopic (exact) mass is 337 g/mol. The van der Waals surface area contributed by atoms with Crippen LogP contribution < -0.4 is 16.4 Å². The summed E-state index contributed by atoms with van der Waals surface area (Å²) in [6.45, 7) is 0.703. The fraction of sp³-hybridized carbons (Fsp3) is 0.467. The van der Waals surface area contributed by atoms with Crippen LogP contribution in [0.4, 0.5) is 5.69 Å². The SMILES string of the molecule is NC(=O)CO[C@@H]1CO[C@H]2[C@H]1OC[C@H]2NC(=S)Nc1ccccc1. The molecule has 4 atom stereocenters. The van der Waals surface area contributed by atoms with Crippen molar-refractivity contribution < 1.29 is 19.0 Å². The molecular weight excluding hydrogens is 318 g/mol. The number of thiocarbonyl (C=S) groups is 1. The molecule has 3 rings (SSSR count). The number of benzene rings is 1. The van der Waals surface area contributed by atoms with Gasteiger partial charge in [-0.15, -0.1) is 0 Å². The van der Waals surface area contributed by atoms with E-state index in [1.807, 2.05) is 30.3 Å². The zero-order valence-electron chi connectivity index (χ0n) is 12.4. The van der Waals surface area contributed by atoms with Crippen LogP contribution in [0.15, 0.2) is 30.3 Å². The standard InChI is InChI=1S/C15H19N3O4S/c16-12(19)8-20-11-7-22-13-10(6-21-14(11)13)18-15(23)17-9-4-2-1-3-5-9/h1-5,10-11,13-14H,6-8H2,(H2,16,19)(H2,17,18,23)/t10-,11-,13-,14+/m1/s1. The van der Waals surface area contributed by atoms with Gasteiger partial charge in [-0.25, -0.2) is 0 Å². The molecule has 0 saturated carbocycles. The van der Waals surface area contributed by atoms with Gasteiger partial charge in [-0.1, -0.05) is 18.2 Å². The van der Waals surface area contributed by atoms with Gasteiger partial charge in [-0.3, -0.25) is 4.79 Å². The average molecular weight is 337 g/mol. The quantitative estimate of drug-likeness (QED) is 0.652. The molecular formula is C15H19N3O4S. The third kappa shape index (κ3) is 3.97. The van der Waals surface area contributed by atoms with Gasteiger partial charge in [0.25, 0.3) is 0 Å². The lowest BCUT2D eigenvalue weighted by Crippen LogP contribution is -2.46. The van der Waals surface area contributed by atoms with Crippen molar-refractivity contribution >= 4 is 28.9 Å². The maximum Gasteiger partial charge on any atom is 0.243 e. The molecule has 0 bridgehead atoms. The normalized spacial score (nSPS) is 29.0. The van der Waals surface area contributed by atoms with E-state index in [1.165, 1.54) is 0 Å². The number of anilines is 1. The molecule has 2 heterocycles. The van der Waals surface area contributed by atoms with E-state index in [1.54, 1.807) is 0 Å². The van der Waals surface area contributed by atoms with Gasteiger partial charge in [0.1, 0.15) is 24.9 Å². The smallest absolute Gasteiger partial charge is 0.243 e. The molecule has 1 aromatic rings. The van der Waals surface area contributed by atoms with Crippen molar-refractivity contribution in [3.63, 3.8) is 0 Å². The highest BCUT2D eigenvalue weighted by Gasteiger charge is 2.48. The largest absolute Gasteiger partial charge is 0.370 e. The van der Waals surface area contributed by atoms with Crippen LogP contribution in [-0.4, -0.2) is 55.2 Å². The molecule has 0 radical (unpaired) electrons. The Bertz CT molecular complexity index is 571. The lowest BCUT2D eigenvalue weighted by Gasteiger charge is -2.19. The zero-order chi connectivity index (χ0) is 16.2. The van der Waals surface area contributed by atoms with Gasteiger partial charge in [-0.2, -0.15) is 0 Å². The number of nitrogens with one attached hydrogen (secondary N) is 2. The fourth-order valence-corrected chi connectivity index (χ4v) is 3.05. The summed E-state index contributed by atoms with van der Waals surface area (Å²) in [7, 11) is 0. The average Bonchev–Trinajstić information content (AvgIpc) is 3.09. The van der Waals surface area contributed by atoms with Crippen molar-refractivity contribution in [2.45, 2.75) is 24.4 Å². The number of primary amides is 1. The van der Waals surface area contributed by atoms with E-state index < -0.39 is 5.91 Å². The molecule has 0 unspecified atom stereocenters. The lowest BCUT2D eigenvalue weighted by atomic mass is 10.1. The number of hydrogen-bond acceptors (Lipinski definition) is 5. The van der Waals surface area contributed by atoms with Crippen LogP contribution in [0.25, 0.3) is 0 Å². The van der Waals surface area contributed by atoms with Gasteiger partial charge in [-0.05, 0) is 24.4 Å². The summed E-state index contributed by atoms with van der Waals surface area (Å²) in [6.07, 6.45) is -0.662. The molecule has 23 heavy (non-hydrogen) atoms. The molecule has 2 aliphatic rings. The Labute approximate surface area is 139 Å². The first-order valence-electron chi connectivity index (χ1n) is 7.39. The third-order valence-electron chi connectivity index (χ3n) is 3.80. The number of para-hydroxylation sites is 1. The van der Waals surface area contributed by atoms with Crippen LogP contribution >= 0.6 is 12.2 Å². The molecule has 2 fully saturated rings. The molecule has 7 nitrogen and oxygen atoms in total. The predicted molar refractivity (Wildman–Crippen MR) is 88.0 cm³/mol. The van der Waals surface area contributed by atoms with E-state index in [0.29, 0.717) is 18.3 Å². The Morgan fingerprint density at radius 2 is 2.00 bits per heavy atom. The minimum absolute atomic E-state index is 0.0640. The van der Waals surface area contributed by atoms with E-state index >= 15 is 0 Å². The molecule has 1 amide bonds. The summed E-state index contributed by atoms with van der Waals surface area (Å²) < 4.78 is 16.9. The van der Waals surface area contributed by atoms with Gasteiger partial charge in [0.15, 0.2) is 5.11 Å². The maximum absolute atomic E-state index is 10.8. The molecule has 2 saturated heterocycles. The Balaban J connectivity index is 1.51.